The Kier molecular flexibility index (Phi) is 4.34. The highest BCUT2D eigenvalue weighted by Gasteiger charge is 2.21. The second-order valence-corrected chi connectivity index (χ2v) is 3.47. The van der Waals surface area contributed by atoms with Gasteiger partial charge in [0.2, 0.25) is 0 Å². The fourth-order valence-corrected chi connectivity index (χ4v) is 0.919. The van der Waals surface area contributed by atoms with E-state index >= 15 is 0 Å². The quantitative estimate of drug-likeness (QED) is 0.673. The standard InChI is InChI=1S/C9H19NO/c1-5-7(4)8(10)9(11)6(2)3/h6-8H,5,10H2,1-4H3/t7-,8?/m1/s1. The van der Waals surface area contributed by atoms with Gasteiger partial charge in [-0.2, -0.15) is 0 Å². The van der Waals surface area contributed by atoms with Crippen molar-refractivity contribution in [2.24, 2.45) is 17.6 Å². The zero-order chi connectivity index (χ0) is 9.02. The summed E-state index contributed by atoms with van der Waals surface area (Å²) in [4.78, 5) is 11.3. The molecule has 0 radical (unpaired) electrons. The van der Waals surface area contributed by atoms with E-state index in [2.05, 4.69) is 6.92 Å². The number of ketones is 1. The van der Waals surface area contributed by atoms with E-state index in [0.717, 1.165) is 6.42 Å². The highest BCUT2D eigenvalue weighted by molar-refractivity contribution is 5.85. The van der Waals surface area contributed by atoms with Gasteiger partial charge in [0.25, 0.3) is 0 Å². The van der Waals surface area contributed by atoms with Gasteiger partial charge >= 0.3 is 0 Å². The number of rotatable bonds is 4. The van der Waals surface area contributed by atoms with Gasteiger partial charge in [-0.3, -0.25) is 4.79 Å². The van der Waals surface area contributed by atoms with Crippen LogP contribution in [0, 0.1) is 11.8 Å². The molecule has 0 aromatic rings. The van der Waals surface area contributed by atoms with Crippen LogP contribution < -0.4 is 5.73 Å². The molecule has 0 aliphatic heterocycles. The molecule has 1 unspecified atom stereocenters. The lowest BCUT2D eigenvalue weighted by molar-refractivity contribution is -0.124. The van der Waals surface area contributed by atoms with Crippen LogP contribution in [0.1, 0.15) is 34.1 Å². The lowest BCUT2D eigenvalue weighted by Gasteiger charge is -2.18. The summed E-state index contributed by atoms with van der Waals surface area (Å²) >= 11 is 0. The molecular formula is C9H19NO. The van der Waals surface area contributed by atoms with Gasteiger partial charge in [-0.05, 0) is 5.92 Å². The Morgan fingerprint density at radius 2 is 1.82 bits per heavy atom. The predicted octanol–water partition coefficient (Wildman–Crippen LogP) is 1.58. The minimum Gasteiger partial charge on any atom is -0.321 e. The van der Waals surface area contributed by atoms with E-state index < -0.39 is 0 Å². The fourth-order valence-electron chi connectivity index (χ4n) is 0.919. The van der Waals surface area contributed by atoms with E-state index in [1.165, 1.54) is 0 Å². The Hall–Kier alpha value is -0.370. The number of nitrogens with two attached hydrogens (primary N) is 1. The van der Waals surface area contributed by atoms with Crippen molar-refractivity contribution in [1.82, 2.24) is 0 Å². The number of Topliss-reactive ketones (excluding diaryl/α,β-unsaturated/α-hetero) is 1. The first kappa shape index (κ1) is 10.6. The molecule has 0 rings (SSSR count). The zero-order valence-electron chi connectivity index (χ0n) is 7.92. The molecule has 0 aliphatic rings. The molecule has 66 valence electrons. The first-order chi connectivity index (χ1) is 5.00. The van der Waals surface area contributed by atoms with Gasteiger partial charge < -0.3 is 5.73 Å². The zero-order valence-corrected chi connectivity index (χ0v) is 7.92. The normalized spacial score (nSPS) is 16.5. The third-order valence-corrected chi connectivity index (χ3v) is 2.15. The molecule has 0 amide bonds. The summed E-state index contributed by atoms with van der Waals surface area (Å²) in [5, 5.41) is 0. The van der Waals surface area contributed by atoms with Gasteiger partial charge in [0.15, 0.2) is 5.78 Å². The van der Waals surface area contributed by atoms with Crippen molar-refractivity contribution < 1.29 is 4.79 Å². The highest BCUT2D eigenvalue weighted by Crippen LogP contribution is 2.10. The number of carbonyl (C=O) groups excluding carboxylic acids is 1. The van der Waals surface area contributed by atoms with Gasteiger partial charge in [-0.1, -0.05) is 34.1 Å². The molecule has 2 heteroatoms. The minimum absolute atomic E-state index is 0.0685. The van der Waals surface area contributed by atoms with Crippen LogP contribution in [-0.4, -0.2) is 11.8 Å². The summed E-state index contributed by atoms with van der Waals surface area (Å²) in [6.07, 6.45) is 0.972. The van der Waals surface area contributed by atoms with Crippen LogP contribution >= 0.6 is 0 Å². The summed E-state index contributed by atoms with van der Waals surface area (Å²) in [5.74, 6) is 0.559. The second-order valence-electron chi connectivity index (χ2n) is 3.47. The Labute approximate surface area is 69.2 Å². The molecule has 2 atom stereocenters. The highest BCUT2D eigenvalue weighted by atomic mass is 16.1. The Morgan fingerprint density at radius 3 is 2.09 bits per heavy atom. The third kappa shape index (κ3) is 3.02. The summed E-state index contributed by atoms with van der Waals surface area (Å²) in [7, 11) is 0. The van der Waals surface area contributed by atoms with Gasteiger partial charge in [0.05, 0.1) is 6.04 Å². The SMILES string of the molecule is CC[C@@H](C)C(N)C(=O)C(C)C. The maximum absolute atomic E-state index is 11.3. The fraction of sp³-hybridized carbons (Fsp3) is 0.889. The monoisotopic (exact) mass is 157 g/mol. The van der Waals surface area contributed by atoms with Crippen LogP contribution in [0.5, 0.6) is 0 Å². The maximum atomic E-state index is 11.3. The smallest absolute Gasteiger partial charge is 0.152 e. The second kappa shape index (κ2) is 4.50. The molecular weight excluding hydrogens is 138 g/mol. The van der Waals surface area contributed by atoms with Gasteiger partial charge in [-0.25, -0.2) is 0 Å². The van der Waals surface area contributed by atoms with Crippen molar-refractivity contribution in [3.63, 3.8) is 0 Å². The van der Waals surface area contributed by atoms with Crippen LogP contribution in [0.3, 0.4) is 0 Å². The first-order valence-corrected chi connectivity index (χ1v) is 4.30. The summed E-state index contributed by atoms with van der Waals surface area (Å²) in [6.45, 7) is 7.86. The number of hydrogen-bond acceptors (Lipinski definition) is 2. The van der Waals surface area contributed by atoms with Gasteiger partial charge in [0.1, 0.15) is 0 Å². The number of carbonyl (C=O) groups is 1. The topological polar surface area (TPSA) is 43.1 Å². The first-order valence-electron chi connectivity index (χ1n) is 4.30. The maximum Gasteiger partial charge on any atom is 0.152 e. The molecule has 0 saturated carbocycles. The molecule has 2 nitrogen and oxygen atoms in total. The van der Waals surface area contributed by atoms with Crippen molar-refractivity contribution in [3.05, 3.63) is 0 Å². The summed E-state index contributed by atoms with van der Waals surface area (Å²) in [6, 6.07) is -0.264. The molecule has 0 aromatic carbocycles. The summed E-state index contributed by atoms with van der Waals surface area (Å²) in [5.41, 5.74) is 5.72. The van der Waals surface area contributed by atoms with E-state index in [-0.39, 0.29) is 17.7 Å². The van der Waals surface area contributed by atoms with E-state index in [1.54, 1.807) is 0 Å². The lowest BCUT2D eigenvalue weighted by atomic mass is 9.91. The van der Waals surface area contributed by atoms with Crippen molar-refractivity contribution in [3.8, 4) is 0 Å². The minimum atomic E-state index is -0.264. The average Bonchev–Trinajstić information content (AvgIpc) is 2.00. The van der Waals surface area contributed by atoms with Crippen LogP contribution in [0.4, 0.5) is 0 Å². The molecule has 0 fully saturated rings. The largest absolute Gasteiger partial charge is 0.321 e. The van der Waals surface area contributed by atoms with Crippen molar-refractivity contribution in [2.45, 2.75) is 40.2 Å². The molecule has 0 heterocycles. The van der Waals surface area contributed by atoms with Crippen LogP contribution in [0.2, 0.25) is 0 Å². The van der Waals surface area contributed by atoms with Gasteiger partial charge in [-0.15, -0.1) is 0 Å². The molecule has 2 N–H and O–H groups in total. The predicted molar refractivity (Wildman–Crippen MR) is 47.3 cm³/mol. The van der Waals surface area contributed by atoms with Crippen molar-refractivity contribution >= 4 is 5.78 Å². The van der Waals surface area contributed by atoms with E-state index in [1.807, 2.05) is 20.8 Å². The van der Waals surface area contributed by atoms with Crippen LogP contribution in [0.15, 0.2) is 0 Å². The Morgan fingerprint density at radius 1 is 1.36 bits per heavy atom. The van der Waals surface area contributed by atoms with Crippen molar-refractivity contribution in [1.29, 1.82) is 0 Å². The molecule has 11 heavy (non-hydrogen) atoms. The number of hydrogen-bond donors (Lipinski definition) is 1. The lowest BCUT2D eigenvalue weighted by Crippen LogP contribution is -2.39. The Balaban J connectivity index is 4.02. The molecule has 0 spiro atoms. The van der Waals surface area contributed by atoms with E-state index in [0.29, 0.717) is 5.92 Å². The molecule has 0 bridgehead atoms. The van der Waals surface area contributed by atoms with E-state index in [4.69, 9.17) is 5.73 Å². The van der Waals surface area contributed by atoms with Crippen molar-refractivity contribution in [2.75, 3.05) is 0 Å². The van der Waals surface area contributed by atoms with E-state index in [9.17, 15) is 4.79 Å². The Bertz CT molecular complexity index is 132. The van der Waals surface area contributed by atoms with Gasteiger partial charge in [0, 0.05) is 5.92 Å². The molecule has 0 aromatic heterocycles. The molecule has 0 saturated heterocycles. The third-order valence-electron chi connectivity index (χ3n) is 2.15. The van der Waals surface area contributed by atoms with Crippen LogP contribution in [0.25, 0.3) is 0 Å². The van der Waals surface area contributed by atoms with Crippen LogP contribution in [-0.2, 0) is 4.79 Å². The summed E-state index contributed by atoms with van der Waals surface area (Å²) < 4.78 is 0. The average molecular weight is 157 g/mol. The molecule has 0 aliphatic carbocycles.